The first-order valence-electron chi connectivity index (χ1n) is 8.06. The van der Waals surface area contributed by atoms with E-state index >= 15 is 0 Å². The van der Waals surface area contributed by atoms with E-state index in [9.17, 15) is 5.26 Å². The van der Waals surface area contributed by atoms with Crippen molar-refractivity contribution < 1.29 is 18.9 Å². The number of hydrogen-bond donors (Lipinski definition) is 2. The molecule has 1 unspecified atom stereocenters. The molecule has 0 aliphatic carbocycles. The monoisotopic (exact) mass is 356 g/mol. The van der Waals surface area contributed by atoms with E-state index in [0.29, 0.717) is 35.3 Å². The first-order valence-corrected chi connectivity index (χ1v) is 8.06. The molecule has 8 nitrogen and oxygen atoms in total. The molecule has 26 heavy (non-hydrogen) atoms. The van der Waals surface area contributed by atoms with Gasteiger partial charge in [-0.25, -0.2) is 0 Å². The zero-order chi connectivity index (χ0) is 18.8. The van der Waals surface area contributed by atoms with E-state index in [2.05, 4.69) is 16.3 Å². The number of H-pyrrole nitrogens is 1. The Kier molecular flexibility index (Phi) is 4.63. The number of nitrogens with two attached hydrogens (primary N) is 1. The molecule has 0 spiro atoms. The third-order valence-electron chi connectivity index (χ3n) is 4.23. The van der Waals surface area contributed by atoms with E-state index in [-0.39, 0.29) is 5.88 Å². The van der Waals surface area contributed by atoms with Crippen LogP contribution < -0.4 is 24.7 Å². The number of hydrogen-bond acceptors (Lipinski definition) is 7. The van der Waals surface area contributed by atoms with E-state index in [4.69, 9.17) is 24.7 Å². The van der Waals surface area contributed by atoms with Crippen molar-refractivity contribution in [3.05, 3.63) is 40.4 Å². The Hall–Kier alpha value is -3.34. The summed E-state index contributed by atoms with van der Waals surface area (Å²) in [6.07, 6.45) is 0. The Morgan fingerprint density at radius 3 is 2.65 bits per heavy atom. The van der Waals surface area contributed by atoms with Crippen molar-refractivity contribution in [2.75, 3.05) is 20.8 Å². The molecule has 1 atom stereocenters. The molecule has 1 aliphatic rings. The summed E-state index contributed by atoms with van der Waals surface area (Å²) in [6, 6.07) is 5.78. The van der Waals surface area contributed by atoms with Crippen molar-refractivity contribution >= 4 is 0 Å². The number of ether oxygens (including phenoxy) is 4. The lowest BCUT2D eigenvalue weighted by Gasteiger charge is -2.25. The number of methoxy groups -OCH3 is 2. The van der Waals surface area contributed by atoms with Gasteiger partial charge in [-0.1, -0.05) is 0 Å². The van der Waals surface area contributed by atoms with Crippen molar-refractivity contribution in [3.8, 4) is 29.2 Å². The SMILES string of the molecule is CCOc1cc(C2C(C#N)=C(N)Oc3n[nH]c(C)c32)cc(OC)c1OC. The predicted molar refractivity (Wildman–Crippen MR) is 93.3 cm³/mol. The predicted octanol–water partition coefficient (Wildman–Crippen LogP) is 2.35. The molecule has 136 valence electrons. The standard InChI is InChI=1S/C18H20N4O4/c1-5-25-13-7-10(6-12(23-3)16(13)24-4)15-11(8-19)17(20)26-18-14(15)9(2)21-22-18/h6-7,15H,5,20H2,1-4H3,(H,21,22). The Bertz CT molecular complexity index is 911. The molecule has 3 rings (SSSR count). The van der Waals surface area contributed by atoms with Crippen LogP contribution in [0.3, 0.4) is 0 Å². The summed E-state index contributed by atoms with van der Waals surface area (Å²) < 4.78 is 22.1. The number of nitriles is 1. The van der Waals surface area contributed by atoms with Gasteiger partial charge < -0.3 is 24.7 Å². The molecular formula is C18H20N4O4. The fourth-order valence-electron chi connectivity index (χ4n) is 3.11. The third-order valence-corrected chi connectivity index (χ3v) is 4.23. The molecule has 1 aromatic heterocycles. The number of fused-ring (bicyclic) bond motifs is 1. The minimum absolute atomic E-state index is 0.0317. The van der Waals surface area contributed by atoms with E-state index < -0.39 is 5.92 Å². The smallest absolute Gasteiger partial charge is 0.244 e. The quantitative estimate of drug-likeness (QED) is 0.845. The zero-order valence-corrected chi connectivity index (χ0v) is 15.0. The first kappa shape index (κ1) is 17.5. The lowest BCUT2D eigenvalue weighted by Crippen LogP contribution is -2.21. The molecular weight excluding hydrogens is 336 g/mol. The Morgan fingerprint density at radius 1 is 1.31 bits per heavy atom. The molecule has 2 aromatic rings. The number of aromatic nitrogens is 2. The van der Waals surface area contributed by atoms with E-state index in [1.807, 2.05) is 19.9 Å². The number of aromatic amines is 1. The second-order valence-electron chi connectivity index (χ2n) is 5.68. The largest absolute Gasteiger partial charge is 0.493 e. The van der Waals surface area contributed by atoms with Gasteiger partial charge in [-0.05, 0) is 31.5 Å². The maximum absolute atomic E-state index is 9.66. The normalized spacial score (nSPS) is 15.7. The van der Waals surface area contributed by atoms with Crippen LogP contribution in [0.5, 0.6) is 23.1 Å². The van der Waals surface area contributed by atoms with Gasteiger partial charge in [0.2, 0.25) is 17.5 Å². The maximum atomic E-state index is 9.66. The van der Waals surface area contributed by atoms with Gasteiger partial charge in [-0.2, -0.15) is 5.26 Å². The van der Waals surface area contributed by atoms with Gasteiger partial charge in [-0.3, -0.25) is 5.10 Å². The minimum atomic E-state index is -0.457. The average Bonchev–Trinajstić information content (AvgIpc) is 3.00. The van der Waals surface area contributed by atoms with Crippen LogP contribution in [-0.2, 0) is 0 Å². The molecule has 0 fully saturated rings. The average molecular weight is 356 g/mol. The Morgan fingerprint density at radius 2 is 2.04 bits per heavy atom. The number of aryl methyl sites for hydroxylation is 1. The number of nitrogens with one attached hydrogen (secondary N) is 1. The first-order chi connectivity index (χ1) is 12.5. The zero-order valence-electron chi connectivity index (χ0n) is 15.0. The summed E-state index contributed by atoms with van der Waals surface area (Å²) >= 11 is 0. The van der Waals surface area contributed by atoms with Gasteiger partial charge in [0.1, 0.15) is 11.6 Å². The number of benzene rings is 1. The molecule has 0 radical (unpaired) electrons. The summed E-state index contributed by atoms with van der Waals surface area (Å²) in [5, 5.41) is 16.7. The molecule has 3 N–H and O–H groups in total. The molecule has 2 heterocycles. The van der Waals surface area contributed by atoms with Gasteiger partial charge in [0.05, 0.1) is 26.7 Å². The van der Waals surface area contributed by atoms with Crippen molar-refractivity contribution in [2.24, 2.45) is 5.73 Å². The molecule has 1 aliphatic heterocycles. The second-order valence-corrected chi connectivity index (χ2v) is 5.68. The highest BCUT2D eigenvalue weighted by Gasteiger charge is 2.35. The maximum Gasteiger partial charge on any atom is 0.244 e. The highest BCUT2D eigenvalue weighted by atomic mass is 16.5. The third kappa shape index (κ3) is 2.67. The fraction of sp³-hybridized carbons (Fsp3) is 0.333. The van der Waals surface area contributed by atoms with E-state index in [1.165, 1.54) is 0 Å². The summed E-state index contributed by atoms with van der Waals surface area (Å²) in [6.45, 7) is 4.20. The minimum Gasteiger partial charge on any atom is -0.493 e. The summed E-state index contributed by atoms with van der Waals surface area (Å²) in [5.74, 6) is 1.44. The van der Waals surface area contributed by atoms with Gasteiger partial charge in [0.25, 0.3) is 0 Å². The molecule has 0 amide bonds. The van der Waals surface area contributed by atoms with E-state index in [0.717, 1.165) is 16.8 Å². The lowest BCUT2D eigenvalue weighted by molar-refractivity contribution is 0.296. The number of rotatable bonds is 5. The van der Waals surface area contributed by atoms with Crippen molar-refractivity contribution in [3.63, 3.8) is 0 Å². The van der Waals surface area contributed by atoms with Crippen LogP contribution in [0.1, 0.15) is 29.7 Å². The second kappa shape index (κ2) is 6.88. The van der Waals surface area contributed by atoms with Gasteiger partial charge in [-0.15, -0.1) is 5.10 Å². The highest BCUT2D eigenvalue weighted by Crippen LogP contribution is 2.47. The van der Waals surface area contributed by atoms with Crippen molar-refractivity contribution in [1.82, 2.24) is 10.2 Å². The van der Waals surface area contributed by atoms with Crippen LogP contribution in [-0.4, -0.2) is 31.0 Å². The van der Waals surface area contributed by atoms with Crippen LogP contribution in [0, 0.1) is 18.3 Å². The van der Waals surface area contributed by atoms with Crippen LogP contribution >= 0.6 is 0 Å². The lowest BCUT2D eigenvalue weighted by atomic mass is 9.84. The number of nitrogens with zero attached hydrogens (tertiary/aromatic N) is 2. The Balaban J connectivity index is 2.26. The van der Waals surface area contributed by atoms with Crippen LogP contribution in [0.2, 0.25) is 0 Å². The van der Waals surface area contributed by atoms with E-state index in [1.54, 1.807) is 20.3 Å². The van der Waals surface area contributed by atoms with Gasteiger partial charge in [0.15, 0.2) is 11.5 Å². The summed E-state index contributed by atoms with van der Waals surface area (Å²) in [5.41, 5.74) is 8.57. The van der Waals surface area contributed by atoms with Crippen LogP contribution in [0.15, 0.2) is 23.6 Å². The topological polar surface area (TPSA) is 115 Å². The highest BCUT2D eigenvalue weighted by molar-refractivity contribution is 5.61. The molecule has 8 heteroatoms. The van der Waals surface area contributed by atoms with Crippen molar-refractivity contribution in [1.29, 1.82) is 5.26 Å². The Labute approximate surface area is 151 Å². The van der Waals surface area contributed by atoms with Crippen LogP contribution in [0.25, 0.3) is 0 Å². The molecule has 1 aromatic carbocycles. The van der Waals surface area contributed by atoms with Crippen molar-refractivity contribution in [2.45, 2.75) is 19.8 Å². The van der Waals surface area contributed by atoms with Gasteiger partial charge in [0, 0.05) is 11.3 Å². The number of allylic oxidation sites excluding steroid dienone is 1. The molecule has 0 saturated carbocycles. The summed E-state index contributed by atoms with van der Waals surface area (Å²) in [4.78, 5) is 0. The molecule has 0 bridgehead atoms. The van der Waals surface area contributed by atoms with Gasteiger partial charge >= 0.3 is 0 Å². The summed E-state index contributed by atoms with van der Waals surface area (Å²) in [7, 11) is 3.09. The molecule has 0 saturated heterocycles. The fourth-order valence-corrected chi connectivity index (χ4v) is 3.11. The van der Waals surface area contributed by atoms with Crippen LogP contribution in [0.4, 0.5) is 0 Å².